The van der Waals surface area contributed by atoms with Gasteiger partial charge in [0.25, 0.3) is 5.56 Å². The molecule has 0 amide bonds. The topological polar surface area (TPSA) is 115 Å². The molecule has 36 heavy (non-hydrogen) atoms. The highest BCUT2D eigenvalue weighted by atomic mass is 16.5. The van der Waals surface area contributed by atoms with Crippen molar-refractivity contribution in [2.45, 2.75) is 25.5 Å². The van der Waals surface area contributed by atoms with E-state index in [0.29, 0.717) is 37.0 Å². The van der Waals surface area contributed by atoms with E-state index < -0.39 is 0 Å². The van der Waals surface area contributed by atoms with Gasteiger partial charge in [-0.2, -0.15) is 10.4 Å². The number of hydrogen-bond acceptors (Lipinski definition) is 8. The maximum absolute atomic E-state index is 12.5. The number of morpholine rings is 1. The summed E-state index contributed by atoms with van der Waals surface area (Å²) in [6, 6.07) is 13.1. The Labute approximate surface area is 208 Å². The Balaban J connectivity index is 1.29. The minimum absolute atomic E-state index is 0.0180. The van der Waals surface area contributed by atoms with Crippen LogP contribution >= 0.6 is 0 Å². The van der Waals surface area contributed by atoms with Gasteiger partial charge in [0, 0.05) is 30.3 Å². The lowest BCUT2D eigenvalue weighted by Gasteiger charge is -2.23. The van der Waals surface area contributed by atoms with E-state index in [0.717, 1.165) is 48.2 Å². The number of ether oxygens (including phenoxy) is 2. The Morgan fingerprint density at radius 2 is 2.11 bits per heavy atom. The van der Waals surface area contributed by atoms with E-state index in [-0.39, 0.29) is 11.7 Å². The zero-order valence-corrected chi connectivity index (χ0v) is 19.8. The first-order chi connectivity index (χ1) is 17.7. The zero-order chi connectivity index (χ0) is 24.7. The van der Waals surface area contributed by atoms with E-state index >= 15 is 0 Å². The molecule has 0 bridgehead atoms. The predicted molar refractivity (Wildman–Crippen MR) is 134 cm³/mol. The number of allylic oxidation sites excluding steroid dienone is 4. The molecule has 5 rings (SSSR count). The van der Waals surface area contributed by atoms with E-state index in [1.54, 1.807) is 18.5 Å². The molecule has 1 saturated heterocycles. The maximum atomic E-state index is 12.5. The van der Waals surface area contributed by atoms with E-state index in [1.165, 1.54) is 10.7 Å². The van der Waals surface area contributed by atoms with E-state index in [4.69, 9.17) is 9.47 Å². The summed E-state index contributed by atoms with van der Waals surface area (Å²) in [7, 11) is 0. The molecule has 0 saturated carbocycles. The fourth-order valence-electron chi connectivity index (χ4n) is 4.12. The van der Waals surface area contributed by atoms with Crippen molar-refractivity contribution in [2.75, 3.05) is 26.3 Å². The molecule has 1 fully saturated rings. The normalized spacial score (nSPS) is 17.6. The second-order valence-electron chi connectivity index (χ2n) is 8.64. The molecule has 1 atom stereocenters. The molecule has 9 nitrogen and oxygen atoms in total. The first-order valence-electron chi connectivity index (χ1n) is 11.9. The lowest BCUT2D eigenvalue weighted by molar-refractivity contribution is 0.0000562. The minimum atomic E-state index is -0.194. The van der Waals surface area contributed by atoms with Crippen molar-refractivity contribution in [3.05, 3.63) is 88.1 Å². The third-order valence-electron chi connectivity index (χ3n) is 6.00. The van der Waals surface area contributed by atoms with Crippen LogP contribution in [0.4, 0.5) is 0 Å². The molecule has 3 aromatic rings. The Morgan fingerprint density at radius 1 is 1.22 bits per heavy atom. The number of nitrogens with one attached hydrogen (secondary N) is 1. The number of nitriles is 1. The lowest BCUT2D eigenvalue weighted by atomic mass is 9.98. The van der Waals surface area contributed by atoms with Crippen molar-refractivity contribution in [1.29, 1.82) is 5.26 Å². The van der Waals surface area contributed by atoms with Crippen LogP contribution < -0.4 is 15.6 Å². The summed E-state index contributed by atoms with van der Waals surface area (Å²) >= 11 is 0. The number of rotatable bonds is 7. The van der Waals surface area contributed by atoms with Gasteiger partial charge in [0.2, 0.25) is 0 Å². The molecule has 1 aliphatic carbocycles. The second kappa shape index (κ2) is 11.1. The van der Waals surface area contributed by atoms with Gasteiger partial charge < -0.3 is 14.8 Å². The van der Waals surface area contributed by atoms with E-state index in [9.17, 15) is 10.1 Å². The second-order valence-corrected chi connectivity index (χ2v) is 8.64. The highest BCUT2D eigenvalue weighted by Gasteiger charge is 2.14. The molecule has 1 N–H and O–H groups in total. The molecule has 2 aromatic heterocycles. The minimum Gasteiger partial charge on any atom is -0.488 e. The summed E-state index contributed by atoms with van der Waals surface area (Å²) in [5.41, 5.74) is 3.79. The molecule has 9 heteroatoms. The van der Waals surface area contributed by atoms with E-state index in [1.807, 2.05) is 36.4 Å². The molecule has 3 heterocycles. The Bertz CT molecular complexity index is 1380. The summed E-state index contributed by atoms with van der Waals surface area (Å²) in [4.78, 5) is 21.4. The predicted octanol–water partition coefficient (Wildman–Crippen LogP) is 2.74. The summed E-state index contributed by atoms with van der Waals surface area (Å²) in [5.74, 6) is 1.15. The molecule has 1 aliphatic heterocycles. The average Bonchev–Trinajstić information content (AvgIpc) is 2.94. The Hall–Kier alpha value is -4.13. The zero-order valence-electron chi connectivity index (χ0n) is 19.8. The molecule has 1 aromatic carbocycles. The molecule has 182 valence electrons. The quantitative estimate of drug-likeness (QED) is 0.547. The number of nitrogens with zero attached hydrogens (tertiary/aromatic N) is 5. The first kappa shape index (κ1) is 23.6. The summed E-state index contributed by atoms with van der Waals surface area (Å²) in [6.07, 6.45) is 8.72. The van der Waals surface area contributed by atoms with Crippen LogP contribution in [0.5, 0.6) is 5.75 Å². The maximum Gasteiger partial charge on any atom is 0.267 e. The van der Waals surface area contributed by atoms with Gasteiger partial charge in [-0.15, -0.1) is 0 Å². The third-order valence-corrected chi connectivity index (χ3v) is 6.00. The molecule has 1 unspecified atom stereocenters. The summed E-state index contributed by atoms with van der Waals surface area (Å²) in [5, 5.41) is 17.0. The Kier molecular flexibility index (Phi) is 7.26. The highest BCUT2D eigenvalue weighted by Crippen LogP contribution is 2.23. The number of aromatic nitrogens is 4. The summed E-state index contributed by atoms with van der Waals surface area (Å²) < 4.78 is 12.8. The van der Waals surface area contributed by atoms with Crippen LogP contribution in [0.1, 0.15) is 24.1 Å². The van der Waals surface area contributed by atoms with Crippen LogP contribution in [-0.2, 0) is 11.3 Å². The lowest BCUT2D eigenvalue weighted by Crippen LogP contribution is -2.41. The molecule has 2 aliphatic rings. The van der Waals surface area contributed by atoms with Crippen molar-refractivity contribution in [2.24, 2.45) is 0 Å². The molecule has 0 radical (unpaired) electrons. The average molecular weight is 483 g/mol. The van der Waals surface area contributed by atoms with Gasteiger partial charge in [0.1, 0.15) is 12.7 Å². The first-order valence-corrected chi connectivity index (χ1v) is 11.9. The van der Waals surface area contributed by atoms with Gasteiger partial charge >= 0.3 is 0 Å². The standard InChI is InChI=1S/C27H26N6O3/c28-13-19-3-1-5-21(11-19)25-7-8-26(34)33(32-25)17-20-4-2-6-22(12-20)27-30-15-23(16-31-27)36-18-24-14-29-9-10-35-24/h2,4-8,11-12,15-16,24,29H,1,3,9-10,14,17-18H2. The monoisotopic (exact) mass is 482 g/mol. The van der Waals surface area contributed by atoms with Crippen LogP contribution in [0.15, 0.2) is 71.3 Å². The van der Waals surface area contributed by atoms with E-state index in [2.05, 4.69) is 26.5 Å². The summed E-state index contributed by atoms with van der Waals surface area (Å²) in [6.45, 7) is 3.06. The van der Waals surface area contributed by atoms with Gasteiger partial charge in [0.15, 0.2) is 11.6 Å². The van der Waals surface area contributed by atoms with Gasteiger partial charge in [0.05, 0.1) is 37.3 Å². The van der Waals surface area contributed by atoms with Crippen molar-refractivity contribution in [3.63, 3.8) is 0 Å². The largest absolute Gasteiger partial charge is 0.488 e. The van der Waals surface area contributed by atoms with Gasteiger partial charge in [-0.25, -0.2) is 14.6 Å². The third kappa shape index (κ3) is 5.74. The van der Waals surface area contributed by atoms with Crippen molar-refractivity contribution < 1.29 is 9.47 Å². The highest BCUT2D eigenvalue weighted by molar-refractivity contribution is 5.74. The Morgan fingerprint density at radius 3 is 2.92 bits per heavy atom. The fourth-order valence-corrected chi connectivity index (χ4v) is 4.12. The molecular formula is C27H26N6O3. The van der Waals surface area contributed by atoms with Crippen LogP contribution in [0.3, 0.4) is 0 Å². The van der Waals surface area contributed by atoms with Crippen LogP contribution in [-0.4, -0.2) is 52.2 Å². The molecular weight excluding hydrogens is 456 g/mol. The van der Waals surface area contributed by atoms with Crippen LogP contribution in [0.2, 0.25) is 0 Å². The van der Waals surface area contributed by atoms with Crippen molar-refractivity contribution in [3.8, 4) is 23.2 Å². The van der Waals surface area contributed by atoms with Gasteiger partial charge in [-0.3, -0.25) is 4.79 Å². The number of hydrogen-bond donors (Lipinski definition) is 1. The van der Waals surface area contributed by atoms with Crippen molar-refractivity contribution in [1.82, 2.24) is 25.1 Å². The fraction of sp³-hybridized carbons (Fsp3) is 0.296. The smallest absolute Gasteiger partial charge is 0.267 e. The number of benzene rings is 1. The van der Waals surface area contributed by atoms with Crippen LogP contribution in [0.25, 0.3) is 17.0 Å². The van der Waals surface area contributed by atoms with Gasteiger partial charge in [-0.05, 0) is 42.2 Å². The molecule has 0 spiro atoms. The SMILES string of the molecule is N#CC1=CC(c2ccc(=O)n(Cc3cccc(-c4ncc(OCC5CNCCO5)cn4)c3)n2)=CCC1. The van der Waals surface area contributed by atoms with Gasteiger partial charge in [-0.1, -0.05) is 24.3 Å². The van der Waals surface area contributed by atoms with Crippen molar-refractivity contribution >= 4 is 5.57 Å². The van der Waals surface area contributed by atoms with Crippen LogP contribution in [0, 0.1) is 11.3 Å².